The van der Waals surface area contributed by atoms with Gasteiger partial charge in [-0.1, -0.05) is 26.0 Å². The second kappa shape index (κ2) is 6.62. The number of hydrogen-bond donors (Lipinski definition) is 1. The number of benzene rings is 1. The highest BCUT2D eigenvalue weighted by molar-refractivity contribution is 5.27. The first-order valence-corrected chi connectivity index (χ1v) is 6.10. The van der Waals surface area contributed by atoms with Crippen molar-refractivity contribution in [2.24, 2.45) is 11.7 Å². The molecule has 0 saturated heterocycles. The van der Waals surface area contributed by atoms with Gasteiger partial charge in [-0.25, -0.2) is 0 Å². The van der Waals surface area contributed by atoms with Gasteiger partial charge in [-0.15, -0.1) is 0 Å². The molecule has 1 unspecified atom stereocenters. The smallest absolute Gasteiger partial charge is 0.118 e. The fourth-order valence-electron chi connectivity index (χ4n) is 1.68. The zero-order valence-electron chi connectivity index (χ0n) is 11.3. The van der Waals surface area contributed by atoms with Gasteiger partial charge in [-0.3, -0.25) is 0 Å². The Morgan fingerprint density at radius 3 is 2.29 bits per heavy atom. The first-order chi connectivity index (χ1) is 8.02. The van der Waals surface area contributed by atoms with Gasteiger partial charge in [0, 0.05) is 19.1 Å². The Morgan fingerprint density at radius 1 is 1.24 bits per heavy atom. The summed E-state index contributed by atoms with van der Waals surface area (Å²) in [4.78, 5) is 2.26. The van der Waals surface area contributed by atoms with Crippen LogP contribution in [0.3, 0.4) is 0 Å². The van der Waals surface area contributed by atoms with E-state index in [1.165, 1.54) is 5.56 Å². The third kappa shape index (κ3) is 4.75. The Hall–Kier alpha value is -1.06. The van der Waals surface area contributed by atoms with Crippen molar-refractivity contribution in [1.29, 1.82) is 0 Å². The van der Waals surface area contributed by atoms with Crippen LogP contribution in [0.2, 0.25) is 0 Å². The van der Waals surface area contributed by atoms with Crippen molar-refractivity contribution < 1.29 is 4.74 Å². The Labute approximate surface area is 105 Å². The Bertz CT molecular complexity index is 321. The summed E-state index contributed by atoms with van der Waals surface area (Å²) in [6.07, 6.45) is 0. The molecule has 1 atom stereocenters. The average Bonchev–Trinajstić information content (AvgIpc) is 2.29. The summed E-state index contributed by atoms with van der Waals surface area (Å²) in [5.41, 5.74) is 7.34. The molecule has 1 rings (SSSR count). The number of hydrogen-bond acceptors (Lipinski definition) is 3. The van der Waals surface area contributed by atoms with Gasteiger partial charge in [-0.05, 0) is 30.7 Å². The summed E-state index contributed by atoms with van der Waals surface area (Å²) in [5, 5.41) is 0. The van der Waals surface area contributed by atoms with Crippen LogP contribution in [0, 0.1) is 5.92 Å². The van der Waals surface area contributed by atoms with Gasteiger partial charge in [0.25, 0.3) is 0 Å². The third-order valence-electron chi connectivity index (χ3n) is 2.99. The van der Waals surface area contributed by atoms with Crippen LogP contribution in [-0.2, 0) is 6.54 Å². The van der Waals surface area contributed by atoms with E-state index in [-0.39, 0.29) is 6.04 Å². The maximum Gasteiger partial charge on any atom is 0.118 e. The highest BCUT2D eigenvalue weighted by Gasteiger charge is 2.10. The predicted molar refractivity (Wildman–Crippen MR) is 72.1 cm³/mol. The summed E-state index contributed by atoms with van der Waals surface area (Å²) < 4.78 is 5.14. The minimum Gasteiger partial charge on any atom is -0.497 e. The lowest BCUT2D eigenvalue weighted by molar-refractivity contribution is 0.276. The first kappa shape index (κ1) is 14.0. The van der Waals surface area contributed by atoms with Gasteiger partial charge in [0.2, 0.25) is 0 Å². The van der Waals surface area contributed by atoms with Crippen LogP contribution in [-0.4, -0.2) is 31.6 Å². The van der Waals surface area contributed by atoms with Crippen molar-refractivity contribution in [1.82, 2.24) is 4.90 Å². The van der Waals surface area contributed by atoms with E-state index < -0.39 is 0 Å². The molecule has 0 spiro atoms. The number of methoxy groups -OCH3 is 1. The zero-order chi connectivity index (χ0) is 12.8. The van der Waals surface area contributed by atoms with Gasteiger partial charge in [0.05, 0.1) is 7.11 Å². The monoisotopic (exact) mass is 236 g/mol. The van der Waals surface area contributed by atoms with Crippen LogP contribution in [0.1, 0.15) is 19.4 Å². The second-order valence-corrected chi connectivity index (χ2v) is 4.95. The molecule has 3 heteroatoms. The van der Waals surface area contributed by atoms with E-state index in [4.69, 9.17) is 10.5 Å². The van der Waals surface area contributed by atoms with Gasteiger partial charge in [-0.2, -0.15) is 0 Å². The molecule has 3 nitrogen and oxygen atoms in total. The molecule has 2 N–H and O–H groups in total. The number of nitrogens with zero attached hydrogens (tertiary/aromatic N) is 1. The Balaban J connectivity index is 2.47. The van der Waals surface area contributed by atoms with Crippen molar-refractivity contribution in [3.05, 3.63) is 29.8 Å². The summed E-state index contributed by atoms with van der Waals surface area (Å²) in [7, 11) is 3.79. The van der Waals surface area contributed by atoms with Crippen LogP contribution in [0.25, 0.3) is 0 Å². The molecule has 17 heavy (non-hydrogen) atoms. The van der Waals surface area contributed by atoms with E-state index in [1.54, 1.807) is 7.11 Å². The van der Waals surface area contributed by atoms with Gasteiger partial charge in [0.1, 0.15) is 5.75 Å². The number of rotatable bonds is 6. The number of likely N-dealkylation sites (N-methyl/N-ethyl adjacent to an activating group) is 1. The highest BCUT2D eigenvalue weighted by atomic mass is 16.5. The summed E-state index contributed by atoms with van der Waals surface area (Å²) >= 11 is 0. The number of ether oxygens (including phenoxy) is 1. The van der Waals surface area contributed by atoms with Gasteiger partial charge >= 0.3 is 0 Å². The van der Waals surface area contributed by atoms with Crippen LogP contribution in [0.4, 0.5) is 0 Å². The van der Waals surface area contributed by atoms with Crippen LogP contribution in [0.5, 0.6) is 5.75 Å². The van der Waals surface area contributed by atoms with Crippen LogP contribution < -0.4 is 10.5 Å². The maximum atomic E-state index is 6.06. The van der Waals surface area contributed by atoms with E-state index in [0.29, 0.717) is 5.92 Å². The fraction of sp³-hybridized carbons (Fsp3) is 0.571. The van der Waals surface area contributed by atoms with Crippen molar-refractivity contribution in [2.45, 2.75) is 26.4 Å². The summed E-state index contributed by atoms with van der Waals surface area (Å²) in [6.45, 7) is 6.16. The maximum absolute atomic E-state index is 6.06. The number of nitrogens with two attached hydrogens (primary N) is 1. The average molecular weight is 236 g/mol. The zero-order valence-corrected chi connectivity index (χ0v) is 11.3. The van der Waals surface area contributed by atoms with Gasteiger partial charge in [0.15, 0.2) is 0 Å². The molecule has 0 heterocycles. The first-order valence-electron chi connectivity index (χ1n) is 6.10. The molecule has 0 saturated carbocycles. The van der Waals surface area contributed by atoms with E-state index in [1.807, 2.05) is 12.1 Å². The fourth-order valence-corrected chi connectivity index (χ4v) is 1.68. The minimum absolute atomic E-state index is 0.234. The molecule has 0 bridgehead atoms. The molecule has 0 radical (unpaired) electrons. The Kier molecular flexibility index (Phi) is 5.45. The van der Waals surface area contributed by atoms with Crippen molar-refractivity contribution in [3.63, 3.8) is 0 Å². The molecule has 0 amide bonds. The summed E-state index contributed by atoms with van der Waals surface area (Å²) in [5.74, 6) is 1.42. The standard InChI is InChI=1S/C14H24N2O/c1-11(2)14(15)10-16(3)9-12-5-7-13(17-4)8-6-12/h5-8,11,14H,9-10,15H2,1-4H3. The molecule has 1 aromatic carbocycles. The lowest BCUT2D eigenvalue weighted by Gasteiger charge is -2.23. The van der Waals surface area contributed by atoms with Crippen molar-refractivity contribution in [2.75, 3.05) is 20.7 Å². The largest absolute Gasteiger partial charge is 0.497 e. The molecule has 0 aliphatic rings. The van der Waals surface area contributed by atoms with Crippen molar-refractivity contribution in [3.8, 4) is 5.75 Å². The lowest BCUT2D eigenvalue weighted by atomic mass is 10.1. The van der Waals surface area contributed by atoms with E-state index in [9.17, 15) is 0 Å². The lowest BCUT2D eigenvalue weighted by Crippen LogP contribution is -2.38. The molecule has 96 valence electrons. The van der Waals surface area contributed by atoms with Gasteiger partial charge < -0.3 is 15.4 Å². The van der Waals surface area contributed by atoms with Crippen LogP contribution in [0.15, 0.2) is 24.3 Å². The molecule has 0 fully saturated rings. The second-order valence-electron chi connectivity index (χ2n) is 4.95. The van der Waals surface area contributed by atoms with Crippen molar-refractivity contribution >= 4 is 0 Å². The van der Waals surface area contributed by atoms with E-state index in [2.05, 4.69) is 37.9 Å². The van der Waals surface area contributed by atoms with E-state index >= 15 is 0 Å². The predicted octanol–water partition coefficient (Wildman–Crippen LogP) is 2.11. The third-order valence-corrected chi connectivity index (χ3v) is 2.99. The quantitative estimate of drug-likeness (QED) is 0.822. The highest BCUT2D eigenvalue weighted by Crippen LogP contribution is 2.12. The molecule has 0 aromatic heterocycles. The Morgan fingerprint density at radius 2 is 1.82 bits per heavy atom. The molecule has 1 aromatic rings. The molecular formula is C14H24N2O. The SMILES string of the molecule is COc1ccc(CN(C)CC(N)C(C)C)cc1. The van der Waals surface area contributed by atoms with E-state index in [0.717, 1.165) is 18.8 Å². The summed E-state index contributed by atoms with van der Waals surface area (Å²) in [6, 6.07) is 8.40. The molecule has 0 aliphatic carbocycles. The molecule has 0 aliphatic heterocycles. The molecular weight excluding hydrogens is 212 g/mol. The normalized spacial score (nSPS) is 13.1. The van der Waals surface area contributed by atoms with Crippen LogP contribution >= 0.6 is 0 Å². The minimum atomic E-state index is 0.234. The topological polar surface area (TPSA) is 38.5 Å².